The molecule has 27 heavy (non-hydrogen) atoms. The first-order chi connectivity index (χ1) is 13.1. The molecule has 0 atom stereocenters. The first kappa shape index (κ1) is 18.4. The van der Waals surface area contributed by atoms with Gasteiger partial charge in [0.2, 0.25) is 0 Å². The average Bonchev–Trinajstić information content (AvgIpc) is 2.72. The lowest BCUT2D eigenvalue weighted by Gasteiger charge is -2.07. The van der Waals surface area contributed by atoms with E-state index in [1.54, 1.807) is 0 Å². The number of nitrogens with one attached hydrogen (secondary N) is 1. The normalized spacial score (nSPS) is 10.4. The summed E-state index contributed by atoms with van der Waals surface area (Å²) < 4.78 is 0. The van der Waals surface area contributed by atoms with Gasteiger partial charge in [0.1, 0.15) is 6.54 Å². The summed E-state index contributed by atoms with van der Waals surface area (Å²) >= 11 is 0. The number of carboxylic acids is 1. The van der Waals surface area contributed by atoms with Crippen LogP contribution in [0, 0.1) is 0 Å². The predicted octanol–water partition coefficient (Wildman–Crippen LogP) is 4.20. The molecule has 3 aromatic carbocycles. The van der Waals surface area contributed by atoms with E-state index in [-0.39, 0.29) is 12.3 Å². The van der Waals surface area contributed by atoms with Crippen molar-refractivity contribution in [3.8, 4) is 0 Å². The third-order valence-electron chi connectivity index (χ3n) is 4.35. The highest BCUT2D eigenvalue weighted by Gasteiger charge is 2.08. The van der Waals surface area contributed by atoms with Crippen molar-refractivity contribution >= 4 is 17.4 Å². The predicted molar refractivity (Wildman–Crippen MR) is 106 cm³/mol. The monoisotopic (exact) mass is 359 g/mol. The van der Waals surface area contributed by atoms with Crippen molar-refractivity contribution in [3.05, 3.63) is 101 Å². The molecule has 4 nitrogen and oxygen atoms in total. The summed E-state index contributed by atoms with van der Waals surface area (Å²) in [5, 5.41) is 11.5. The summed E-state index contributed by atoms with van der Waals surface area (Å²) in [4.78, 5) is 23.0. The maximum atomic E-state index is 12.4. The van der Waals surface area contributed by atoms with Crippen LogP contribution in [0.1, 0.15) is 27.0 Å². The van der Waals surface area contributed by atoms with Crippen LogP contribution in [-0.4, -0.2) is 23.4 Å². The van der Waals surface area contributed by atoms with Gasteiger partial charge in [-0.25, -0.2) is 0 Å². The largest absolute Gasteiger partial charge is 0.480 e. The maximum Gasteiger partial charge on any atom is 0.322 e. The van der Waals surface area contributed by atoms with E-state index in [4.69, 9.17) is 5.11 Å². The molecule has 0 amide bonds. The molecule has 136 valence electrons. The van der Waals surface area contributed by atoms with Gasteiger partial charge in [-0.1, -0.05) is 66.7 Å². The van der Waals surface area contributed by atoms with Crippen LogP contribution in [-0.2, 0) is 17.6 Å². The molecular formula is C23H21NO3. The fraction of sp³-hybridized carbons (Fsp3) is 0.130. The number of carboxylic acid groups (broad SMARTS) is 1. The fourth-order valence-corrected chi connectivity index (χ4v) is 2.83. The molecule has 0 heterocycles. The first-order valence-corrected chi connectivity index (χ1v) is 8.85. The summed E-state index contributed by atoms with van der Waals surface area (Å²) in [6, 6.07) is 24.8. The van der Waals surface area contributed by atoms with E-state index in [1.807, 2.05) is 78.9 Å². The lowest BCUT2D eigenvalue weighted by atomic mass is 9.99. The highest BCUT2D eigenvalue weighted by atomic mass is 16.4. The summed E-state index contributed by atoms with van der Waals surface area (Å²) in [5.41, 5.74) is 4.54. The Kier molecular flexibility index (Phi) is 6.00. The molecule has 0 fully saturated rings. The van der Waals surface area contributed by atoms with Crippen molar-refractivity contribution in [1.29, 1.82) is 0 Å². The molecule has 0 saturated heterocycles. The van der Waals surface area contributed by atoms with Gasteiger partial charge in [0.25, 0.3) is 0 Å². The molecule has 0 aliphatic rings. The molecule has 0 bridgehead atoms. The van der Waals surface area contributed by atoms with Gasteiger partial charge in [0.15, 0.2) is 5.78 Å². The number of aryl methyl sites for hydroxylation is 2. The molecule has 0 aliphatic carbocycles. The van der Waals surface area contributed by atoms with Crippen LogP contribution in [0.2, 0.25) is 0 Å². The Morgan fingerprint density at radius 1 is 0.704 bits per heavy atom. The zero-order valence-electron chi connectivity index (χ0n) is 14.9. The van der Waals surface area contributed by atoms with Crippen LogP contribution in [0.25, 0.3) is 0 Å². The highest BCUT2D eigenvalue weighted by molar-refractivity contribution is 6.08. The minimum absolute atomic E-state index is 0.0339. The molecule has 0 aromatic heterocycles. The number of hydrogen-bond donors (Lipinski definition) is 2. The van der Waals surface area contributed by atoms with E-state index in [0.29, 0.717) is 11.1 Å². The molecule has 2 N–H and O–H groups in total. The van der Waals surface area contributed by atoms with Gasteiger partial charge in [0.05, 0.1) is 0 Å². The topological polar surface area (TPSA) is 66.4 Å². The third-order valence-corrected chi connectivity index (χ3v) is 4.35. The van der Waals surface area contributed by atoms with Crippen LogP contribution >= 0.6 is 0 Å². The van der Waals surface area contributed by atoms with Gasteiger partial charge in [0, 0.05) is 16.8 Å². The van der Waals surface area contributed by atoms with Gasteiger partial charge < -0.3 is 10.4 Å². The highest BCUT2D eigenvalue weighted by Crippen LogP contribution is 2.14. The molecule has 4 heteroatoms. The molecule has 3 rings (SSSR count). The van der Waals surface area contributed by atoms with Crippen LogP contribution in [0.3, 0.4) is 0 Å². The Balaban J connectivity index is 1.56. The van der Waals surface area contributed by atoms with E-state index in [9.17, 15) is 9.59 Å². The Morgan fingerprint density at radius 3 is 1.78 bits per heavy atom. The number of aliphatic carboxylic acids is 1. The standard InChI is InChI=1S/C23H21NO3/c25-22(26)16-24-21-14-10-18(11-15-21)7-6-17-8-12-20(13-9-17)23(27)19-4-2-1-3-5-19/h1-5,8-15,24H,6-7,16H2,(H,25,26). The van der Waals surface area contributed by atoms with Crippen molar-refractivity contribution in [2.24, 2.45) is 0 Å². The van der Waals surface area contributed by atoms with Gasteiger partial charge in [-0.15, -0.1) is 0 Å². The second-order valence-corrected chi connectivity index (χ2v) is 6.34. The van der Waals surface area contributed by atoms with E-state index in [2.05, 4.69) is 5.32 Å². The van der Waals surface area contributed by atoms with Gasteiger partial charge in [-0.05, 0) is 36.1 Å². The average molecular weight is 359 g/mol. The van der Waals surface area contributed by atoms with E-state index in [0.717, 1.165) is 18.5 Å². The van der Waals surface area contributed by atoms with Gasteiger partial charge in [-0.3, -0.25) is 9.59 Å². The van der Waals surface area contributed by atoms with Crippen molar-refractivity contribution in [3.63, 3.8) is 0 Å². The number of ketones is 1. The van der Waals surface area contributed by atoms with Crippen LogP contribution in [0.4, 0.5) is 5.69 Å². The van der Waals surface area contributed by atoms with Crippen molar-refractivity contribution in [1.82, 2.24) is 0 Å². The molecular weight excluding hydrogens is 338 g/mol. The Hall–Kier alpha value is -3.40. The molecule has 0 radical (unpaired) electrons. The Bertz CT molecular complexity index is 901. The smallest absolute Gasteiger partial charge is 0.322 e. The van der Waals surface area contributed by atoms with Crippen molar-refractivity contribution in [2.75, 3.05) is 11.9 Å². The van der Waals surface area contributed by atoms with E-state index >= 15 is 0 Å². The molecule has 0 unspecified atom stereocenters. The van der Waals surface area contributed by atoms with Crippen LogP contribution in [0.5, 0.6) is 0 Å². The first-order valence-electron chi connectivity index (χ1n) is 8.85. The fourth-order valence-electron chi connectivity index (χ4n) is 2.83. The second kappa shape index (κ2) is 8.81. The van der Waals surface area contributed by atoms with Crippen molar-refractivity contribution < 1.29 is 14.7 Å². The van der Waals surface area contributed by atoms with Crippen molar-refractivity contribution in [2.45, 2.75) is 12.8 Å². The maximum absolute atomic E-state index is 12.4. The lowest BCUT2D eigenvalue weighted by Crippen LogP contribution is -2.12. The third kappa shape index (κ3) is 5.28. The summed E-state index contributed by atoms with van der Waals surface area (Å²) in [6.07, 6.45) is 1.76. The number of carbonyl (C=O) groups excluding carboxylic acids is 1. The lowest BCUT2D eigenvalue weighted by molar-refractivity contribution is -0.134. The molecule has 0 spiro atoms. The number of rotatable bonds is 8. The summed E-state index contributed by atoms with van der Waals surface area (Å²) in [6.45, 7) is -0.0899. The number of hydrogen-bond acceptors (Lipinski definition) is 3. The second-order valence-electron chi connectivity index (χ2n) is 6.34. The zero-order chi connectivity index (χ0) is 19.1. The van der Waals surface area contributed by atoms with E-state index < -0.39 is 5.97 Å². The number of benzene rings is 3. The zero-order valence-corrected chi connectivity index (χ0v) is 14.9. The number of anilines is 1. The summed E-state index contributed by atoms with van der Waals surface area (Å²) in [7, 11) is 0. The SMILES string of the molecule is O=C(O)CNc1ccc(CCc2ccc(C(=O)c3ccccc3)cc2)cc1. The quantitative estimate of drug-likeness (QED) is 0.592. The molecule has 0 aliphatic heterocycles. The van der Waals surface area contributed by atoms with E-state index in [1.165, 1.54) is 11.1 Å². The summed E-state index contributed by atoms with van der Waals surface area (Å²) in [5.74, 6) is -0.847. The Labute approximate surface area is 158 Å². The molecule has 3 aromatic rings. The number of carbonyl (C=O) groups is 2. The Morgan fingerprint density at radius 2 is 1.22 bits per heavy atom. The minimum Gasteiger partial charge on any atom is -0.480 e. The minimum atomic E-state index is -0.881. The van der Waals surface area contributed by atoms with Gasteiger partial charge in [-0.2, -0.15) is 0 Å². The molecule has 0 saturated carbocycles. The van der Waals surface area contributed by atoms with Crippen LogP contribution in [0.15, 0.2) is 78.9 Å². The van der Waals surface area contributed by atoms with Crippen LogP contribution < -0.4 is 5.32 Å². The van der Waals surface area contributed by atoms with Gasteiger partial charge >= 0.3 is 5.97 Å².